The predicted molar refractivity (Wildman–Crippen MR) is 65.8 cm³/mol. The second-order valence-corrected chi connectivity index (χ2v) is 3.66. The lowest BCUT2D eigenvalue weighted by Crippen LogP contribution is -2.32. The van der Waals surface area contributed by atoms with Crippen molar-refractivity contribution in [3.63, 3.8) is 0 Å². The Hall–Kier alpha value is -2.02. The van der Waals surface area contributed by atoms with Crippen LogP contribution >= 0.6 is 0 Å². The summed E-state index contributed by atoms with van der Waals surface area (Å²) < 4.78 is 5.19. The van der Waals surface area contributed by atoms with Crippen molar-refractivity contribution in [1.82, 2.24) is 0 Å². The molecule has 4 nitrogen and oxygen atoms in total. The van der Waals surface area contributed by atoms with E-state index in [0.717, 1.165) is 0 Å². The summed E-state index contributed by atoms with van der Waals surface area (Å²) in [7, 11) is 3.21. The van der Waals surface area contributed by atoms with Crippen LogP contribution in [0.25, 0.3) is 0 Å². The van der Waals surface area contributed by atoms with Gasteiger partial charge in [0.1, 0.15) is 11.7 Å². The number of benzene rings is 1. The van der Waals surface area contributed by atoms with E-state index < -0.39 is 5.92 Å². The Morgan fingerprint density at radius 3 is 2.71 bits per heavy atom. The molecule has 1 aromatic carbocycles. The van der Waals surface area contributed by atoms with Crippen LogP contribution in [0.15, 0.2) is 24.3 Å². The molecule has 0 N–H and O–H groups in total. The zero-order valence-corrected chi connectivity index (χ0v) is 10.3. The number of hydrogen-bond donors (Lipinski definition) is 0. The topological polar surface area (TPSA) is 53.3 Å². The molecule has 1 amide bonds. The molecule has 0 saturated heterocycles. The highest BCUT2D eigenvalue weighted by Gasteiger charge is 2.22. The van der Waals surface area contributed by atoms with Crippen molar-refractivity contribution < 1.29 is 9.53 Å². The fourth-order valence-electron chi connectivity index (χ4n) is 1.58. The van der Waals surface area contributed by atoms with E-state index in [-0.39, 0.29) is 5.91 Å². The third-order valence-electron chi connectivity index (χ3n) is 2.64. The molecule has 0 saturated carbocycles. The highest BCUT2D eigenvalue weighted by atomic mass is 16.5. The first-order chi connectivity index (χ1) is 8.15. The van der Waals surface area contributed by atoms with Gasteiger partial charge in [-0.1, -0.05) is 19.1 Å². The average molecular weight is 232 g/mol. The lowest BCUT2D eigenvalue weighted by molar-refractivity contribution is -0.120. The lowest BCUT2D eigenvalue weighted by Gasteiger charge is -2.21. The molecule has 1 rings (SSSR count). The number of nitrogens with zero attached hydrogens (tertiary/aromatic N) is 2. The number of carbonyl (C=O) groups excluding carboxylic acids is 1. The molecule has 0 heterocycles. The van der Waals surface area contributed by atoms with Gasteiger partial charge in [0, 0.05) is 7.05 Å². The third kappa shape index (κ3) is 2.76. The van der Waals surface area contributed by atoms with Crippen LogP contribution < -0.4 is 9.64 Å². The van der Waals surface area contributed by atoms with Crippen LogP contribution in [0.1, 0.15) is 13.3 Å². The molecule has 0 spiro atoms. The van der Waals surface area contributed by atoms with E-state index in [4.69, 9.17) is 10.00 Å². The number of nitriles is 1. The number of methoxy groups -OCH3 is 1. The fourth-order valence-corrected chi connectivity index (χ4v) is 1.58. The molecule has 0 aromatic heterocycles. The maximum atomic E-state index is 12.0. The molecule has 17 heavy (non-hydrogen) atoms. The maximum absolute atomic E-state index is 12.0. The minimum Gasteiger partial charge on any atom is -0.495 e. The Balaban J connectivity index is 3.00. The summed E-state index contributed by atoms with van der Waals surface area (Å²) in [6, 6.07) is 9.25. The van der Waals surface area contributed by atoms with Gasteiger partial charge in [0.2, 0.25) is 5.91 Å². The van der Waals surface area contributed by atoms with Gasteiger partial charge in [-0.25, -0.2) is 0 Å². The lowest BCUT2D eigenvalue weighted by atomic mass is 10.1. The van der Waals surface area contributed by atoms with Crippen LogP contribution in [0.3, 0.4) is 0 Å². The number of ether oxygens (including phenoxy) is 1. The summed E-state index contributed by atoms with van der Waals surface area (Å²) >= 11 is 0. The van der Waals surface area contributed by atoms with Crippen LogP contribution in [0.2, 0.25) is 0 Å². The molecular formula is C13H16N2O2. The number of hydrogen-bond acceptors (Lipinski definition) is 3. The average Bonchev–Trinajstić information content (AvgIpc) is 2.39. The number of carbonyl (C=O) groups is 1. The van der Waals surface area contributed by atoms with Gasteiger partial charge in [0.05, 0.1) is 18.9 Å². The zero-order chi connectivity index (χ0) is 12.8. The molecular weight excluding hydrogens is 216 g/mol. The molecule has 0 fully saturated rings. The summed E-state index contributed by atoms with van der Waals surface area (Å²) in [5.74, 6) is -0.194. The summed E-state index contributed by atoms with van der Waals surface area (Å²) in [6.45, 7) is 1.82. The van der Waals surface area contributed by atoms with Crippen molar-refractivity contribution >= 4 is 11.6 Å². The molecule has 0 aliphatic rings. The van der Waals surface area contributed by atoms with Crippen LogP contribution in [0.4, 0.5) is 5.69 Å². The van der Waals surface area contributed by atoms with E-state index in [1.54, 1.807) is 26.3 Å². The number of para-hydroxylation sites is 2. The smallest absolute Gasteiger partial charge is 0.244 e. The Morgan fingerprint density at radius 1 is 1.53 bits per heavy atom. The summed E-state index contributed by atoms with van der Waals surface area (Å²) in [6.07, 6.45) is 0.509. The molecule has 1 aromatic rings. The van der Waals surface area contributed by atoms with Crippen LogP contribution in [0.5, 0.6) is 5.75 Å². The SMILES string of the molecule is CCC(C#N)C(=O)N(C)c1ccccc1OC. The van der Waals surface area contributed by atoms with E-state index in [9.17, 15) is 4.79 Å². The van der Waals surface area contributed by atoms with Crippen LogP contribution in [-0.2, 0) is 4.79 Å². The fraction of sp³-hybridized carbons (Fsp3) is 0.385. The van der Waals surface area contributed by atoms with E-state index in [0.29, 0.717) is 17.9 Å². The Kier molecular flexibility index (Phi) is 4.53. The van der Waals surface area contributed by atoms with E-state index in [1.165, 1.54) is 4.90 Å². The first-order valence-corrected chi connectivity index (χ1v) is 5.45. The second-order valence-electron chi connectivity index (χ2n) is 3.66. The van der Waals surface area contributed by atoms with E-state index in [2.05, 4.69) is 0 Å². The highest BCUT2D eigenvalue weighted by Crippen LogP contribution is 2.27. The molecule has 0 aliphatic heterocycles. The third-order valence-corrected chi connectivity index (χ3v) is 2.64. The quantitative estimate of drug-likeness (QED) is 0.799. The molecule has 0 bridgehead atoms. The number of amides is 1. The van der Waals surface area contributed by atoms with Gasteiger partial charge in [-0.05, 0) is 18.6 Å². The van der Waals surface area contributed by atoms with Gasteiger partial charge in [-0.3, -0.25) is 4.79 Å². The van der Waals surface area contributed by atoms with Crippen molar-refractivity contribution in [2.75, 3.05) is 19.1 Å². The van der Waals surface area contributed by atoms with Gasteiger partial charge in [0.15, 0.2) is 0 Å². The van der Waals surface area contributed by atoms with Gasteiger partial charge in [-0.2, -0.15) is 5.26 Å². The first-order valence-electron chi connectivity index (χ1n) is 5.45. The minimum absolute atomic E-state index is 0.209. The zero-order valence-electron chi connectivity index (χ0n) is 10.3. The standard InChI is InChI=1S/C13H16N2O2/c1-4-10(9-14)13(16)15(2)11-7-5-6-8-12(11)17-3/h5-8,10H,4H2,1-3H3. The van der Waals surface area contributed by atoms with E-state index in [1.807, 2.05) is 25.1 Å². The summed E-state index contributed by atoms with van der Waals surface area (Å²) in [5.41, 5.74) is 0.675. The Labute approximate surface area is 101 Å². The Morgan fingerprint density at radius 2 is 2.18 bits per heavy atom. The van der Waals surface area contributed by atoms with Gasteiger partial charge in [0.25, 0.3) is 0 Å². The van der Waals surface area contributed by atoms with Gasteiger partial charge >= 0.3 is 0 Å². The molecule has 0 aliphatic carbocycles. The highest BCUT2D eigenvalue weighted by molar-refractivity contribution is 5.97. The van der Waals surface area contributed by atoms with Crippen molar-refractivity contribution in [3.8, 4) is 11.8 Å². The maximum Gasteiger partial charge on any atom is 0.244 e. The summed E-state index contributed by atoms with van der Waals surface area (Å²) in [5, 5.41) is 8.89. The molecule has 1 unspecified atom stereocenters. The van der Waals surface area contributed by atoms with Gasteiger partial charge in [-0.15, -0.1) is 0 Å². The first kappa shape index (κ1) is 13.0. The second kappa shape index (κ2) is 5.90. The molecule has 4 heteroatoms. The van der Waals surface area contributed by atoms with Crippen molar-refractivity contribution in [1.29, 1.82) is 5.26 Å². The number of anilines is 1. The van der Waals surface area contributed by atoms with Crippen LogP contribution in [-0.4, -0.2) is 20.1 Å². The van der Waals surface area contributed by atoms with E-state index >= 15 is 0 Å². The van der Waals surface area contributed by atoms with Crippen molar-refractivity contribution in [2.45, 2.75) is 13.3 Å². The molecule has 0 radical (unpaired) electrons. The molecule has 90 valence electrons. The van der Waals surface area contributed by atoms with Crippen molar-refractivity contribution in [2.24, 2.45) is 5.92 Å². The van der Waals surface area contributed by atoms with Crippen LogP contribution in [0, 0.1) is 17.2 Å². The normalized spacial score (nSPS) is 11.4. The molecule has 1 atom stereocenters. The minimum atomic E-state index is -0.607. The monoisotopic (exact) mass is 232 g/mol. The predicted octanol–water partition coefficient (Wildman–Crippen LogP) is 2.21. The summed E-state index contributed by atoms with van der Waals surface area (Å²) in [4.78, 5) is 13.5. The Bertz CT molecular complexity index is 437. The van der Waals surface area contributed by atoms with Gasteiger partial charge < -0.3 is 9.64 Å². The largest absolute Gasteiger partial charge is 0.495 e. The van der Waals surface area contributed by atoms with Crippen molar-refractivity contribution in [3.05, 3.63) is 24.3 Å². The number of rotatable bonds is 4.